The molecule has 0 aliphatic carbocycles. The average Bonchev–Trinajstić information content (AvgIpc) is 2.48. The van der Waals surface area contributed by atoms with Gasteiger partial charge in [-0.25, -0.2) is 0 Å². The van der Waals surface area contributed by atoms with Crippen LogP contribution in [0.2, 0.25) is 0 Å². The highest BCUT2D eigenvalue weighted by Gasteiger charge is 2.15. The summed E-state index contributed by atoms with van der Waals surface area (Å²) in [5.41, 5.74) is 1.48. The number of nitrogens with one attached hydrogen (secondary N) is 2. The van der Waals surface area contributed by atoms with E-state index in [0.29, 0.717) is 18.7 Å². The van der Waals surface area contributed by atoms with E-state index in [2.05, 4.69) is 10.6 Å². The van der Waals surface area contributed by atoms with Crippen LogP contribution in [0.25, 0.3) is 0 Å². The Bertz CT molecular complexity index is 493. The van der Waals surface area contributed by atoms with E-state index >= 15 is 0 Å². The van der Waals surface area contributed by atoms with Gasteiger partial charge >= 0.3 is 0 Å². The van der Waals surface area contributed by atoms with Crippen LogP contribution in [-0.4, -0.2) is 41.9 Å². The second-order valence-electron chi connectivity index (χ2n) is 5.58. The van der Waals surface area contributed by atoms with Gasteiger partial charge in [0, 0.05) is 30.4 Å². The highest BCUT2D eigenvalue weighted by molar-refractivity contribution is 5.94. The third-order valence-corrected chi connectivity index (χ3v) is 3.39. The predicted molar refractivity (Wildman–Crippen MR) is 90.1 cm³/mol. The van der Waals surface area contributed by atoms with Gasteiger partial charge in [0.25, 0.3) is 5.91 Å². The van der Waals surface area contributed by atoms with E-state index in [1.807, 2.05) is 46.8 Å². The molecule has 1 atom stereocenters. The quantitative estimate of drug-likeness (QED) is 0.813. The Morgan fingerprint density at radius 1 is 1.05 bits per heavy atom. The number of rotatable bonds is 7. The summed E-state index contributed by atoms with van der Waals surface area (Å²) >= 11 is 0. The van der Waals surface area contributed by atoms with Gasteiger partial charge in [-0.1, -0.05) is 0 Å². The molecule has 0 spiro atoms. The van der Waals surface area contributed by atoms with Crippen LogP contribution in [0.3, 0.4) is 0 Å². The average molecular weight is 305 g/mol. The molecule has 1 aromatic rings. The molecule has 0 heterocycles. The molecule has 2 amide bonds. The highest BCUT2D eigenvalue weighted by Crippen LogP contribution is 2.13. The van der Waals surface area contributed by atoms with Crippen molar-refractivity contribution in [3.63, 3.8) is 0 Å². The van der Waals surface area contributed by atoms with E-state index in [1.54, 1.807) is 17.0 Å². The molecular formula is C17H27N3O2. The molecule has 1 aromatic carbocycles. The van der Waals surface area contributed by atoms with Crippen molar-refractivity contribution < 1.29 is 9.59 Å². The fourth-order valence-corrected chi connectivity index (χ4v) is 2.13. The summed E-state index contributed by atoms with van der Waals surface area (Å²) in [5, 5.41) is 5.99. The van der Waals surface area contributed by atoms with Gasteiger partial charge in [0.2, 0.25) is 5.91 Å². The van der Waals surface area contributed by atoms with Crippen LogP contribution in [0.4, 0.5) is 5.69 Å². The second kappa shape index (κ2) is 8.41. The van der Waals surface area contributed by atoms with Gasteiger partial charge in [0.05, 0.1) is 0 Å². The van der Waals surface area contributed by atoms with Crippen molar-refractivity contribution in [3.8, 4) is 0 Å². The van der Waals surface area contributed by atoms with Gasteiger partial charge in [0.1, 0.15) is 6.04 Å². The molecule has 0 saturated carbocycles. The first-order valence-corrected chi connectivity index (χ1v) is 7.85. The van der Waals surface area contributed by atoms with Gasteiger partial charge in [-0.3, -0.25) is 9.59 Å². The summed E-state index contributed by atoms with van der Waals surface area (Å²) in [5.74, 6) is -0.0135. The van der Waals surface area contributed by atoms with E-state index in [9.17, 15) is 9.59 Å². The number of carbonyl (C=O) groups excluding carboxylic acids is 2. The van der Waals surface area contributed by atoms with Crippen LogP contribution < -0.4 is 10.6 Å². The lowest BCUT2D eigenvalue weighted by Gasteiger charge is -2.19. The number of anilines is 1. The summed E-state index contributed by atoms with van der Waals surface area (Å²) < 4.78 is 0. The monoisotopic (exact) mass is 305 g/mol. The number of carbonyl (C=O) groups is 2. The first-order chi connectivity index (χ1) is 10.4. The molecular weight excluding hydrogens is 278 g/mol. The maximum Gasteiger partial charge on any atom is 0.253 e. The molecule has 122 valence electrons. The summed E-state index contributed by atoms with van der Waals surface area (Å²) in [4.78, 5) is 25.9. The first-order valence-electron chi connectivity index (χ1n) is 7.85. The molecule has 1 rings (SSSR count). The SMILES string of the molecule is CCN(CC)C(=O)c1ccc(N[C@H](C)C(=O)NC(C)C)cc1. The fraction of sp³-hybridized carbons (Fsp3) is 0.529. The van der Waals surface area contributed by atoms with E-state index in [4.69, 9.17) is 0 Å². The van der Waals surface area contributed by atoms with Crippen molar-refractivity contribution in [2.24, 2.45) is 0 Å². The number of benzene rings is 1. The Morgan fingerprint density at radius 2 is 1.59 bits per heavy atom. The molecule has 2 N–H and O–H groups in total. The van der Waals surface area contributed by atoms with Crippen LogP contribution in [0, 0.1) is 0 Å². The lowest BCUT2D eigenvalue weighted by atomic mass is 10.1. The van der Waals surface area contributed by atoms with Crippen LogP contribution in [-0.2, 0) is 4.79 Å². The van der Waals surface area contributed by atoms with Crippen LogP contribution in [0.1, 0.15) is 45.0 Å². The van der Waals surface area contributed by atoms with Gasteiger partial charge in [-0.05, 0) is 58.9 Å². The van der Waals surface area contributed by atoms with Crippen molar-refractivity contribution in [2.45, 2.75) is 46.7 Å². The van der Waals surface area contributed by atoms with E-state index in [1.165, 1.54) is 0 Å². The largest absolute Gasteiger partial charge is 0.374 e. The Kier molecular flexibility index (Phi) is 6.89. The lowest BCUT2D eigenvalue weighted by Crippen LogP contribution is -2.40. The molecule has 5 nitrogen and oxygen atoms in total. The minimum absolute atomic E-state index is 0.0298. The molecule has 5 heteroatoms. The van der Waals surface area contributed by atoms with Crippen molar-refractivity contribution >= 4 is 17.5 Å². The van der Waals surface area contributed by atoms with Gasteiger partial charge < -0.3 is 15.5 Å². The first kappa shape index (κ1) is 18.0. The highest BCUT2D eigenvalue weighted by atomic mass is 16.2. The molecule has 0 aromatic heterocycles. The fourth-order valence-electron chi connectivity index (χ4n) is 2.13. The van der Waals surface area contributed by atoms with E-state index in [0.717, 1.165) is 5.69 Å². The van der Waals surface area contributed by atoms with Gasteiger partial charge in [-0.2, -0.15) is 0 Å². The summed E-state index contributed by atoms with van der Waals surface area (Å²) in [6.45, 7) is 11.0. The molecule has 22 heavy (non-hydrogen) atoms. The predicted octanol–water partition coefficient (Wildman–Crippen LogP) is 2.49. The van der Waals surface area contributed by atoms with Gasteiger partial charge in [0.15, 0.2) is 0 Å². The van der Waals surface area contributed by atoms with Crippen LogP contribution >= 0.6 is 0 Å². The summed E-state index contributed by atoms with van der Waals surface area (Å²) in [6, 6.07) is 7.02. The zero-order valence-electron chi connectivity index (χ0n) is 14.1. The third kappa shape index (κ3) is 5.06. The number of hydrogen-bond acceptors (Lipinski definition) is 3. The van der Waals surface area contributed by atoms with Crippen LogP contribution in [0.15, 0.2) is 24.3 Å². The molecule has 0 aliphatic heterocycles. The molecule has 0 fully saturated rings. The Morgan fingerprint density at radius 3 is 2.05 bits per heavy atom. The van der Waals surface area contributed by atoms with E-state index < -0.39 is 0 Å². The Labute approximate surface area is 133 Å². The Hall–Kier alpha value is -2.04. The minimum atomic E-state index is -0.327. The van der Waals surface area contributed by atoms with Gasteiger partial charge in [-0.15, -0.1) is 0 Å². The topological polar surface area (TPSA) is 61.4 Å². The van der Waals surface area contributed by atoms with Crippen LogP contribution in [0.5, 0.6) is 0 Å². The molecule has 0 radical (unpaired) electrons. The molecule has 0 bridgehead atoms. The second-order valence-corrected chi connectivity index (χ2v) is 5.58. The number of hydrogen-bond donors (Lipinski definition) is 2. The number of amides is 2. The number of nitrogens with zero attached hydrogens (tertiary/aromatic N) is 1. The Balaban J connectivity index is 2.69. The van der Waals surface area contributed by atoms with Crippen molar-refractivity contribution in [2.75, 3.05) is 18.4 Å². The standard InChI is InChI=1S/C17H27N3O2/c1-6-20(7-2)17(22)14-8-10-15(11-9-14)19-13(5)16(21)18-12(3)4/h8-13,19H,6-7H2,1-5H3,(H,18,21)/t13-/m1/s1. The van der Waals surface area contributed by atoms with Crippen molar-refractivity contribution in [3.05, 3.63) is 29.8 Å². The zero-order chi connectivity index (χ0) is 16.7. The summed E-state index contributed by atoms with van der Waals surface area (Å²) in [7, 11) is 0. The lowest BCUT2D eigenvalue weighted by molar-refractivity contribution is -0.122. The van der Waals surface area contributed by atoms with Crippen molar-refractivity contribution in [1.29, 1.82) is 0 Å². The molecule has 0 saturated heterocycles. The minimum Gasteiger partial charge on any atom is -0.374 e. The smallest absolute Gasteiger partial charge is 0.253 e. The summed E-state index contributed by atoms with van der Waals surface area (Å²) in [6.07, 6.45) is 0. The normalized spacial score (nSPS) is 11.9. The molecule has 0 unspecified atom stereocenters. The third-order valence-electron chi connectivity index (χ3n) is 3.39. The van der Waals surface area contributed by atoms with Crippen molar-refractivity contribution in [1.82, 2.24) is 10.2 Å². The van der Waals surface area contributed by atoms with E-state index in [-0.39, 0.29) is 23.9 Å². The molecule has 0 aliphatic rings. The zero-order valence-corrected chi connectivity index (χ0v) is 14.1. The maximum atomic E-state index is 12.2. The maximum absolute atomic E-state index is 12.2.